The van der Waals surface area contributed by atoms with Crippen molar-refractivity contribution in [1.82, 2.24) is 0 Å². The van der Waals surface area contributed by atoms with Gasteiger partial charge in [-0.1, -0.05) is 135 Å². The summed E-state index contributed by atoms with van der Waals surface area (Å²) in [7, 11) is 0. The second kappa shape index (κ2) is 20.9. The van der Waals surface area contributed by atoms with E-state index >= 15 is 0 Å². The zero-order valence-corrected chi connectivity index (χ0v) is 29.2. The van der Waals surface area contributed by atoms with Gasteiger partial charge in [0.05, 0.1) is 17.9 Å². The molecule has 3 N–H and O–H groups in total. The topological polar surface area (TPSA) is 210 Å². The van der Waals surface area contributed by atoms with E-state index in [1.807, 2.05) is 36.4 Å². The van der Waals surface area contributed by atoms with Crippen molar-refractivity contribution in [3.05, 3.63) is 106 Å². The maximum atomic E-state index is 10.5. The van der Waals surface area contributed by atoms with Gasteiger partial charge in [-0.05, 0) is 49.6 Å². The van der Waals surface area contributed by atoms with E-state index in [0.717, 1.165) is 16.7 Å². The average molecular weight is 637 g/mol. The first kappa shape index (κ1) is 50.6. The first-order chi connectivity index (χ1) is 17.7. The predicted molar refractivity (Wildman–Crippen MR) is 166 cm³/mol. The van der Waals surface area contributed by atoms with Crippen LogP contribution in [0.5, 0.6) is 0 Å². The first-order valence-corrected chi connectivity index (χ1v) is 12.7. The molecule has 0 radical (unpaired) electrons. The van der Waals surface area contributed by atoms with Gasteiger partial charge in [-0.3, -0.25) is 0 Å². The molecule has 0 atom stereocenters. The number of rotatable bonds is 3. The van der Waals surface area contributed by atoms with E-state index < -0.39 is 17.9 Å². The fourth-order valence-corrected chi connectivity index (χ4v) is 3.32. The molecule has 0 heterocycles. The van der Waals surface area contributed by atoms with E-state index in [9.17, 15) is 29.7 Å². The third-order valence-electron chi connectivity index (χ3n) is 5.96. The van der Waals surface area contributed by atoms with E-state index in [0.29, 0.717) is 0 Å². The number of hydrogen-bond donors (Lipinski definition) is 0. The second-order valence-electron chi connectivity index (χ2n) is 12.3. The number of benzene rings is 3. The van der Waals surface area contributed by atoms with Crippen molar-refractivity contribution in [3.63, 3.8) is 0 Å². The summed E-state index contributed by atoms with van der Waals surface area (Å²) in [6.45, 7) is 18.8. The van der Waals surface area contributed by atoms with Crippen LogP contribution in [-0.4, -0.2) is 69.1 Å². The SMILES string of the molecule is CC(C)(C)c1ccc(C(=O)[O-])cc1.CC(C)(C)c1ccc(C(=O)[O-])cc1.CC(C)(C)c1ccc(C(=O)[O-])cc1.[Al+3].[Al+3].[OH-].[OH-].[OH-]. The molecule has 0 aliphatic carbocycles. The van der Waals surface area contributed by atoms with E-state index in [1.165, 1.54) is 0 Å². The zero-order chi connectivity index (χ0) is 30.2. The summed E-state index contributed by atoms with van der Waals surface area (Å²) < 4.78 is 0. The van der Waals surface area contributed by atoms with Crippen LogP contribution in [0.4, 0.5) is 0 Å². The molecule has 0 aliphatic rings. The van der Waals surface area contributed by atoms with Gasteiger partial charge in [-0.15, -0.1) is 0 Å². The molecular weight excluding hydrogens is 594 g/mol. The van der Waals surface area contributed by atoms with Crippen LogP contribution in [0.3, 0.4) is 0 Å². The Balaban J connectivity index is -0.000000164. The molecule has 0 saturated heterocycles. The number of aromatic carboxylic acids is 3. The normalized spacial score (nSPS) is 10.0. The summed E-state index contributed by atoms with van der Waals surface area (Å²) in [5, 5.41) is 31.4. The van der Waals surface area contributed by atoms with Crippen LogP contribution in [0.2, 0.25) is 0 Å². The van der Waals surface area contributed by atoms with Crippen LogP contribution < -0.4 is 15.3 Å². The van der Waals surface area contributed by atoms with E-state index in [-0.39, 0.29) is 84.1 Å². The molecular formula is C33H42Al2O9. The van der Waals surface area contributed by atoms with E-state index in [2.05, 4.69) is 62.3 Å². The quantitative estimate of drug-likeness (QED) is 0.386. The predicted octanol–water partition coefficient (Wildman–Crippen LogP) is 2.75. The fraction of sp³-hybridized carbons (Fsp3) is 0.364. The molecule has 0 aromatic heterocycles. The van der Waals surface area contributed by atoms with Crippen LogP contribution in [0.15, 0.2) is 72.8 Å². The number of carboxylic acid groups (broad SMARTS) is 3. The molecule has 0 amide bonds. The fourth-order valence-electron chi connectivity index (χ4n) is 3.32. The van der Waals surface area contributed by atoms with E-state index in [4.69, 9.17) is 0 Å². The Kier molecular flexibility index (Phi) is 24.0. The van der Waals surface area contributed by atoms with Crippen LogP contribution in [-0.2, 0) is 16.2 Å². The third-order valence-corrected chi connectivity index (χ3v) is 5.96. The number of carbonyl (C=O) groups excluding carboxylic acids is 3. The second-order valence-corrected chi connectivity index (χ2v) is 12.3. The van der Waals surface area contributed by atoms with Gasteiger partial charge < -0.3 is 46.1 Å². The zero-order valence-electron chi connectivity index (χ0n) is 26.9. The maximum Gasteiger partial charge on any atom is 3.00 e. The van der Waals surface area contributed by atoms with Crippen molar-refractivity contribution in [1.29, 1.82) is 0 Å². The minimum atomic E-state index is -1.12. The monoisotopic (exact) mass is 636 g/mol. The summed E-state index contributed by atoms with van der Waals surface area (Å²) in [4.78, 5) is 31.4. The molecule has 11 heteroatoms. The molecule has 3 rings (SSSR count). The van der Waals surface area contributed by atoms with Gasteiger partial charge in [0.2, 0.25) is 0 Å². The Morgan fingerprint density at radius 3 is 0.614 bits per heavy atom. The standard InChI is InChI=1S/3C11H14O2.2Al.3H2O/c3*1-11(2,3)9-6-4-8(5-7-9)10(12)13;;;;;/h3*4-7H,1-3H3,(H,12,13);;;3*1H2/q;;;2*+3;;;/p-6. The Morgan fingerprint density at radius 1 is 0.386 bits per heavy atom. The van der Waals surface area contributed by atoms with Gasteiger partial charge in [0.1, 0.15) is 0 Å². The van der Waals surface area contributed by atoms with Crippen molar-refractivity contribution in [2.24, 2.45) is 0 Å². The summed E-state index contributed by atoms with van der Waals surface area (Å²) in [5.74, 6) is -3.37. The number of carboxylic acids is 3. The van der Waals surface area contributed by atoms with Crippen LogP contribution in [0.25, 0.3) is 0 Å². The minimum absolute atomic E-state index is 0. The molecule has 0 saturated carbocycles. The van der Waals surface area contributed by atoms with Crippen LogP contribution in [0, 0.1) is 0 Å². The Labute approximate surface area is 282 Å². The molecule has 0 aliphatic heterocycles. The Morgan fingerprint density at radius 2 is 0.523 bits per heavy atom. The van der Waals surface area contributed by atoms with E-state index in [1.54, 1.807) is 36.4 Å². The molecule has 0 unspecified atom stereocenters. The van der Waals surface area contributed by atoms with Crippen molar-refractivity contribution in [2.45, 2.75) is 78.6 Å². The number of hydrogen-bond acceptors (Lipinski definition) is 9. The molecule has 0 fully saturated rings. The van der Waals surface area contributed by atoms with Gasteiger partial charge in [-0.25, -0.2) is 0 Å². The van der Waals surface area contributed by atoms with Crippen molar-refractivity contribution in [3.8, 4) is 0 Å². The third kappa shape index (κ3) is 17.3. The number of carbonyl (C=O) groups is 3. The van der Waals surface area contributed by atoms with Gasteiger partial charge in [0.25, 0.3) is 0 Å². The minimum Gasteiger partial charge on any atom is -0.870 e. The van der Waals surface area contributed by atoms with Crippen LogP contribution in [0.1, 0.15) is 110 Å². The summed E-state index contributed by atoms with van der Waals surface area (Å²) >= 11 is 0. The molecule has 0 spiro atoms. The molecule has 234 valence electrons. The van der Waals surface area contributed by atoms with Gasteiger partial charge in [0, 0.05) is 0 Å². The van der Waals surface area contributed by atoms with Gasteiger partial charge in [0.15, 0.2) is 0 Å². The molecule has 3 aromatic rings. The summed E-state index contributed by atoms with van der Waals surface area (Å²) in [6.07, 6.45) is 0. The molecule has 9 nitrogen and oxygen atoms in total. The largest absolute Gasteiger partial charge is 3.00 e. The van der Waals surface area contributed by atoms with Gasteiger partial charge >= 0.3 is 34.7 Å². The average Bonchev–Trinajstić information content (AvgIpc) is 2.83. The van der Waals surface area contributed by atoms with Gasteiger partial charge in [-0.2, -0.15) is 0 Å². The summed E-state index contributed by atoms with van der Waals surface area (Å²) in [5.41, 5.74) is 4.24. The van der Waals surface area contributed by atoms with Crippen molar-refractivity contribution >= 4 is 52.6 Å². The molecule has 3 aromatic carbocycles. The molecule has 0 bridgehead atoms. The Hall–Kier alpha value is -2.99. The molecule has 44 heavy (non-hydrogen) atoms. The Bertz CT molecular complexity index is 1090. The van der Waals surface area contributed by atoms with Crippen molar-refractivity contribution in [2.75, 3.05) is 0 Å². The summed E-state index contributed by atoms with van der Waals surface area (Å²) in [6, 6.07) is 20.4. The van der Waals surface area contributed by atoms with Crippen molar-refractivity contribution < 1.29 is 46.1 Å². The first-order valence-electron chi connectivity index (χ1n) is 12.7. The maximum absolute atomic E-state index is 10.5. The smallest absolute Gasteiger partial charge is 0.870 e. The van der Waals surface area contributed by atoms with Crippen LogP contribution >= 0.6 is 0 Å².